The predicted octanol–water partition coefficient (Wildman–Crippen LogP) is 2.03. The van der Waals surface area contributed by atoms with E-state index in [2.05, 4.69) is 50.4 Å². The van der Waals surface area contributed by atoms with E-state index >= 15 is 0 Å². The minimum absolute atomic E-state index is 0.0820. The molecule has 6 rings (SSSR count). The van der Waals surface area contributed by atoms with Gasteiger partial charge in [0.1, 0.15) is 0 Å². The lowest BCUT2D eigenvalue weighted by Crippen LogP contribution is -2.70. The van der Waals surface area contributed by atoms with Gasteiger partial charge in [0, 0.05) is 69.0 Å². The fraction of sp³-hybridized carbons (Fsp3) is 0.429. The summed E-state index contributed by atoms with van der Waals surface area (Å²) < 4.78 is 0. The number of hydrogen-bond acceptors (Lipinski definition) is 4. The minimum Gasteiger partial charge on any atom is -0.348 e. The van der Waals surface area contributed by atoms with Crippen molar-refractivity contribution in [3.8, 4) is 0 Å². The highest BCUT2D eigenvalue weighted by Crippen LogP contribution is 2.43. The summed E-state index contributed by atoms with van der Waals surface area (Å²) in [6, 6.07) is 12.5. The second kappa shape index (κ2) is 6.59. The lowest BCUT2D eigenvalue weighted by atomic mass is 9.64. The molecule has 4 saturated heterocycles. The maximum absolute atomic E-state index is 13.0. The van der Waals surface area contributed by atoms with Crippen LogP contribution < -0.4 is 5.32 Å². The summed E-state index contributed by atoms with van der Waals surface area (Å²) in [5.41, 5.74) is 1.76. The lowest BCUT2D eigenvalue weighted by Gasteiger charge is -2.55. The van der Waals surface area contributed by atoms with Crippen molar-refractivity contribution in [1.82, 2.24) is 20.1 Å². The van der Waals surface area contributed by atoms with Crippen LogP contribution in [0, 0.1) is 5.92 Å². The Balaban J connectivity index is 1.53. The van der Waals surface area contributed by atoms with Crippen molar-refractivity contribution in [3.63, 3.8) is 0 Å². The summed E-state index contributed by atoms with van der Waals surface area (Å²) in [5, 5.41) is 3.87. The number of aromatic nitrogens is 1. The van der Waals surface area contributed by atoms with Gasteiger partial charge in [0.05, 0.1) is 10.6 Å². The molecule has 1 amide bonds. The van der Waals surface area contributed by atoms with Crippen LogP contribution in [0.1, 0.15) is 15.9 Å². The van der Waals surface area contributed by atoms with Crippen molar-refractivity contribution in [1.29, 1.82) is 0 Å². The van der Waals surface area contributed by atoms with E-state index < -0.39 is 0 Å². The Bertz CT molecular complexity index is 842. The number of amides is 1. The van der Waals surface area contributed by atoms with Gasteiger partial charge < -0.3 is 15.1 Å². The highest BCUT2D eigenvalue weighted by Gasteiger charge is 2.55. The minimum atomic E-state index is -0.0827. The molecule has 0 spiro atoms. The van der Waals surface area contributed by atoms with Crippen molar-refractivity contribution in [3.05, 3.63) is 64.9 Å². The van der Waals surface area contributed by atoms with Gasteiger partial charge in [-0.05, 0) is 11.6 Å². The maximum atomic E-state index is 13.0. The predicted molar refractivity (Wildman–Crippen MR) is 105 cm³/mol. The van der Waals surface area contributed by atoms with Crippen LogP contribution in [0.2, 0.25) is 5.02 Å². The van der Waals surface area contributed by atoms with Gasteiger partial charge in [-0.15, -0.1) is 0 Å². The van der Waals surface area contributed by atoms with Gasteiger partial charge in [-0.3, -0.25) is 9.78 Å². The van der Waals surface area contributed by atoms with Crippen molar-refractivity contribution in [2.45, 2.75) is 11.5 Å². The van der Waals surface area contributed by atoms with Gasteiger partial charge >= 0.3 is 0 Å². The van der Waals surface area contributed by atoms with Crippen LogP contribution in [-0.2, 0) is 5.41 Å². The number of carbonyl (C=O) groups is 1. The molecule has 1 aromatic heterocycles. The Morgan fingerprint density at radius 2 is 1.81 bits per heavy atom. The van der Waals surface area contributed by atoms with E-state index in [0.717, 1.165) is 39.3 Å². The molecule has 0 radical (unpaired) electrons. The maximum Gasteiger partial charge on any atom is 0.253 e. The van der Waals surface area contributed by atoms with E-state index in [9.17, 15) is 4.79 Å². The summed E-state index contributed by atoms with van der Waals surface area (Å²) in [7, 11) is 0. The molecular formula is C21H23ClN4O. The zero-order valence-electron chi connectivity index (χ0n) is 15.1. The Morgan fingerprint density at radius 3 is 2.48 bits per heavy atom. The fourth-order valence-corrected chi connectivity index (χ4v) is 5.50. The van der Waals surface area contributed by atoms with E-state index in [1.165, 1.54) is 5.56 Å². The first-order chi connectivity index (χ1) is 13.1. The quantitative estimate of drug-likeness (QED) is 0.882. The van der Waals surface area contributed by atoms with E-state index in [1.807, 2.05) is 0 Å². The Kier molecular flexibility index (Phi) is 4.19. The van der Waals surface area contributed by atoms with E-state index in [1.54, 1.807) is 18.5 Å². The fourth-order valence-electron chi connectivity index (χ4n) is 5.33. The Morgan fingerprint density at radius 1 is 1.11 bits per heavy atom. The summed E-state index contributed by atoms with van der Waals surface area (Å²) in [6.45, 7) is 6.30. The number of hydrogen-bond donors (Lipinski definition) is 1. The van der Waals surface area contributed by atoms with Crippen LogP contribution in [0.4, 0.5) is 0 Å². The molecule has 4 fully saturated rings. The molecule has 4 aliphatic heterocycles. The number of rotatable bonds is 3. The third-order valence-corrected chi connectivity index (χ3v) is 6.61. The zero-order chi connectivity index (χ0) is 18.4. The van der Waals surface area contributed by atoms with Crippen molar-refractivity contribution in [2.24, 2.45) is 5.92 Å². The first-order valence-corrected chi connectivity index (χ1v) is 9.93. The van der Waals surface area contributed by atoms with Crippen LogP contribution in [0.3, 0.4) is 0 Å². The Labute approximate surface area is 164 Å². The number of piperidine rings is 2. The van der Waals surface area contributed by atoms with Gasteiger partial charge in [0.15, 0.2) is 0 Å². The van der Waals surface area contributed by atoms with Crippen molar-refractivity contribution in [2.75, 3.05) is 39.3 Å². The van der Waals surface area contributed by atoms with Crippen molar-refractivity contribution < 1.29 is 4.79 Å². The summed E-state index contributed by atoms with van der Waals surface area (Å²) in [5.74, 6) is 0.341. The molecule has 4 aliphatic rings. The third-order valence-electron chi connectivity index (χ3n) is 6.40. The number of nitrogens with zero attached hydrogens (tertiary/aromatic N) is 3. The second-order valence-electron chi connectivity index (χ2n) is 8.10. The molecule has 2 unspecified atom stereocenters. The monoisotopic (exact) mass is 382 g/mol. The molecule has 2 aromatic rings. The average Bonchev–Trinajstić information content (AvgIpc) is 2.93. The lowest BCUT2D eigenvalue weighted by molar-refractivity contribution is 0.0180. The molecule has 1 N–H and O–H groups in total. The highest BCUT2D eigenvalue weighted by atomic mass is 35.5. The van der Waals surface area contributed by atoms with Gasteiger partial charge in [0.2, 0.25) is 0 Å². The third kappa shape index (κ3) is 2.94. The number of halogens is 1. The molecule has 27 heavy (non-hydrogen) atoms. The molecule has 0 saturated carbocycles. The van der Waals surface area contributed by atoms with Gasteiger partial charge in [0.25, 0.3) is 5.91 Å². The smallest absolute Gasteiger partial charge is 0.253 e. The standard InChI is InChI=1S/C21H23ClN4O/c22-18-8-15(9-23-10-18)20(27)24-19-16-11-25-6-7-26(12-16)14-21(19,13-25)17-4-2-1-3-5-17/h1-5,8-10,16,19H,6-7,11-14H2,(H,24,27)/t16?,19-,21?/m1/s1. The van der Waals surface area contributed by atoms with E-state index in [-0.39, 0.29) is 17.4 Å². The van der Waals surface area contributed by atoms with Crippen LogP contribution in [0.15, 0.2) is 48.8 Å². The summed E-state index contributed by atoms with van der Waals surface area (Å²) >= 11 is 6.04. The molecule has 0 aliphatic carbocycles. The molecule has 1 aromatic carbocycles. The SMILES string of the molecule is O=C(N[C@@H]1C2CN3CCN(C2)CC1(c1ccccc1)C3)c1cncc(Cl)c1. The highest BCUT2D eigenvalue weighted by molar-refractivity contribution is 6.30. The summed E-state index contributed by atoms with van der Waals surface area (Å²) in [6.07, 6.45) is 3.14. The van der Waals surface area contributed by atoms with Crippen LogP contribution in [-0.4, -0.2) is 66.0 Å². The van der Waals surface area contributed by atoms with Crippen molar-refractivity contribution >= 4 is 17.5 Å². The van der Waals surface area contributed by atoms with Crippen LogP contribution in [0.25, 0.3) is 0 Å². The largest absolute Gasteiger partial charge is 0.348 e. The molecular weight excluding hydrogens is 360 g/mol. The van der Waals surface area contributed by atoms with Gasteiger partial charge in [-0.25, -0.2) is 0 Å². The first-order valence-electron chi connectivity index (χ1n) is 9.56. The normalized spacial score (nSPS) is 34.3. The molecule has 5 heterocycles. The second-order valence-corrected chi connectivity index (χ2v) is 8.53. The molecule has 140 valence electrons. The zero-order valence-corrected chi connectivity index (χ0v) is 15.9. The number of carbonyl (C=O) groups excluding carboxylic acids is 1. The number of fused-ring (bicyclic) bond motifs is 1. The van der Waals surface area contributed by atoms with Crippen LogP contribution in [0.5, 0.6) is 0 Å². The molecule has 4 bridgehead atoms. The van der Waals surface area contributed by atoms with E-state index in [0.29, 0.717) is 16.5 Å². The van der Waals surface area contributed by atoms with Gasteiger partial charge in [-0.1, -0.05) is 41.9 Å². The summed E-state index contributed by atoms with van der Waals surface area (Å²) in [4.78, 5) is 22.2. The molecule has 3 atom stereocenters. The van der Waals surface area contributed by atoms with Crippen LogP contribution >= 0.6 is 11.6 Å². The molecule has 5 nitrogen and oxygen atoms in total. The number of nitrogens with one attached hydrogen (secondary N) is 1. The molecule has 6 heteroatoms. The van der Waals surface area contributed by atoms with E-state index in [4.69, 9.17) is 11.6 Å². The van der Waals surface area contributed by atoms with Gasteiger partial charge in [-0.2, -0.15) is 0 Å². The Hall–Kier alpha value is -1.95. The topological polar surface area (TPSA) is 48.5 Å². The first kappa shape index (κ1) is 17.2. The number of pyridine rings is 1. The number of benzene rings is 1. The average molecular weight is 383 g/mol.